The first-order valence-corrected chi connectivity index (χ1v) is 7.05. The van der Waals surface area contributed by atoms with Gasteiger partial charge in [0.1, 0.15) is 0 Å². The van der Waals surface area contributed by atoms with E-state index in [0.29, 0.717) is 6.04 Å². The maximum atomic E-state index is 5.75. The van der Waals surface area contributed by atoms with E-state index in [0.717, 1.165) is 29.4 Å². The Morgan fingerprint density at radius 1 is 1.20 bits per heavy atom. The molecule has 3 rings (SSSR count). The fraction of sp³-hybridized carbons (Fsp3) is 0.375. The predicted octanol–water partition coefficient (Wildman–Crippen LogP) is 2.84. The van der Waals surface area contributed by atoms with Crippen molar-refractivity contribution in [2.24, 2.45) is 0 Å². The molecule has 1 aromatic heterocycles. The summed E-state index contributed by atoms with van der Waals surface area (Å²) in [4.78, 5) is 11.5. The van der Waals surface area contributed by atoms with Crippen LogP contribution in [0.2, 0.25) is 0 Å². The van der Waals surface area contributed by atoms with Gasteiger partial charge in [0.25, 0.3) is 0 Å². The summed E-state index contributed by atoms with van der Waals surface area (Å²) in [5.74, 6) is 1.02. The zero-order valence-corrected chi connectivity index (χ0v) is 12.0. The summed E-state index contributed by atoms with van der Waals surface area (Å²) >= 11 is 0. The first kappa shape index (κ1) is 12.9. The molecule has 1 heterocycles. The Hall–Kier alpha value is -2.10. The Balaban J connectivity index is 1.89. The molecule has 0 amide bonds. The van der Waals surface area contributed by atoms with Crippen LogP contribution in [0.1, 0.15) is 29.8 Å². The van der Waals surface area contributed by atoms with Crippen LogP contribution in [-0.4, -0.2) is 16.0 Å². The number of aryl methyl sites for hydroxylation is 2. The molecule has 0 unspecified atom stereocenters. The van der Waals surface area contributed by atoms with Crippen molar-refractivity contribution < 1.29 is 0 Å². The minimum atomic E-state index is 0.599. The van der Waals surface area contributed by atoms with Crippen LogP contribution in [0.5, 0.6) is 0 Å². The number of aromatic nitrogens is 2. The molecule has 104 valence electrons. The van der Waals surface area contributed by atoms with Gasteiger partial charge in [0.05, 0.1) is 11.4 Å². The second-order valence-electron chi connectivity index (χ2n) is 5.52. The van der Waals surface area contributed by atoms with Gasteiger partial charge in [-0.25, -0.2) is 4.98 Å². The van der Waals surface area contributed by atoms with Crippen molar-refractivity contribution in [2.45, 2.75) is 39.3 Å². The van der Waals surface area contributed by atoms with Crippen molar-refractivity contribution in [3.05, 3.63) is 47.4 Å². The van der Waals surface area contributed by atoms with Crippen LogP contribution in [0, 0.1) is 13.8 Å². The van der Waals surface area contributed by atoms with Crippen molar-refractivity contribution in [3.8, 4) is 0 Å². The van der Waals surface area contributed by atoms with Gasteiger partial charge in [-0.1, -0.05) is 12.1 Å². The summed E-state index contributed by atoms with van der Waals surface area (Å²) < 4.78 is 0. The van der Waals surface area contributed by atoms with E-state index in [1.807, 2.05) is 32.2 Å². The number of nitrogens with two attached hydrogens (primary N) is 1. The number of benzene rings is 1. The lowest BCUT2D eigenvalue weighted by Crippen LogP contribution is -2.27. The molecule has 1 aromatic carbocycles. The van der Waals surface area contributed by atoms with Crippen LogP contribution in [-0.2, 0) is 6.54 Å². The predicted molar refractivity (Wildman–Crippen MR) is 81.6 cm³/mol. The number of hydrogen-bond acceptors (Lipinski definition) is 4. The van der Waals surface area contributed by atoms with Gasteiger partial charge in [-0.05, 0) is 44.4 Å². The first-order chi connectivity index (χ1) is 9.63. The van der Waals surface area contributed by atoms with Gasteiger partial charge < -0.3 is 10.6 Å². The van der Waals surface area contributed by atoms with Crippen LogP contribution in [0.3, 0.4) is 0 Å². The molecule has 1 aliphatic rings. The molecule has 0 spiro atoms. The second kappa shape index (κ2) is 5.12. The number of nitrogen functional groups attached to an aromatic ring is 1. The SMILES string of the molecule is Cc1cnc(C)c(N(Cc2ccc(N)cc2)C2CC2)n1. The molecular formula is C16H20N4. The van der Waals surface area contributed by atoms with Gasteiger partial charge in [-0.2, -0.15) is 0 Å². The third-order valence-electron chi connectivity index (χ3n) is 3.64. The van der Waals surface area contributed by atoms with E-state index < -0.39 is 0 Å². The number of hydrogen-bond donors (Lipinski definition) is 1. The van der Waals surface area contributed by atoms with Crippen molar-refractivity contribution in [1.29, 1.82) is 0 Å². The van der Waals surface area contributed by atoms with E-state index in [1.54, 1.807) is 0 Å². The molecule has 4 heteroatoms. The molecule has 2 N–H and O–H groups in total. The van der Waals surface area contributed by atoms with E-state index >= 15 is 0 Å². The van der Waals surface area contributed by atoms with Gasteiger partial charge >= 0.3 is 0 Å². The van der Waals surface area contributed by atoms with Gasteiger partial charge in [0.2, 0.25) is 0 Å². The Kier molecular flexibility index (Phi) is 3.30. The highest BCUT2D eigenvalue weighted by Gasteiger charge is 2.31. The smallest absolute Gasteiger partial charge is 0.150 e. The highest BCUT2D eigenvalue weighted by Crippen LogP contribution is 2.33. The average molecular weight is 268 g/mol. The molecule has 4 nitrogen and oxygen atoms in total. The topological polar surface area (TPSA) is 55.0 Å². The van der Waals surface area contributed by atoms with Crippen LogP contribution in [0.15, 0.2) is 30.5 Å². The maximum Gasteiger partial charge on any atom is 0.150 e. The largest absolute Gasteiger partial charge is 0.399 e. The van der Waals surface area contributed by atoms with Gasteiger partial charge in [0, 0.05) is 24.5 Å². The van der Waals surface area contributed by atoms with Gasteiger partial charge in [-0.15, -0.1) is 0 Å². The monoisotopic (exact) mass is 268 g/mol. The number of nitrogens with zero attached hydrogens (tertiary/aromatic N) is 3. The molecule has 0 radical (unpaired) electrons. The third-order valence-corrected chi connectivity index (χ3v) is 3.64. The summed E-state index contributed by atoms with van der Waals surface area (Å²) in [6.45, 7) is 4.88. The summed E-state index contributed by atoms with van der Waals surface area (Å²) in [6.07, 6.45) is 4.31. The third kappa shape index (κ3) is 2.74. The van der Waals surface area contributed by atoms with Crippen LogP contribution in [0.4, 0.5) is 11.5 Å². The fourth-order valence-electron chi connectivity index (χ4n) is 2.38. The minimum Gasteiger partial charge on any atom is -0.399 e. The van der Waals surface area contributed by atoms with Crippen LogP contribution >= 0.6 is 0 Å². The number of rotatable bonds is 4. The molecule has 1 fully saturated rings. The van der Waals surface area contributed by atoms with Crippen molar-refractivity contribution >= 4 is 11.5 Å². The van der Waals surface area contributed by atoms with Gasteiger partial charge in [-0.3, -0.25) is 4.98 Å². The van der Waals surface area contributed by atoms with E-state index in [9.17, 15) is 0 Å². The Morgan fingerprint density at radius 3 is 2.55 bits per heavy atom. The molecule has 1 aliphatic carbocycles. The molecular weight excluding hydrogens is 248 g/mol. The van der Waals surface area contributed by atoms with Crippen LogP contribution < -0.4 is 10.6 Å². The zero-order valence-electron chi connectivity index (χ0n) is 12.0. The highest BCUT2D eigenvalue weighted by atomic mass is 15.2. The van der Waals surface area contributed by atoms with E-state index in [1.165, 1.54) is 18.4 Å². The fourth-order valence-corrected chi connectivity index (χ4v) is 2.38. The summed E-state index contributed by atoms with van der Waals surface area (Å²) in [5, 5.41) is 0. The summed E-state index contributed by atoms with van der Waals surface area (Å²) in [5.41, 5.74) is 9.78. The lowest BCUT2D eigenvalue weighted by Gasteiger charge is -2.25. The van der Waals surface area contributed by atoms with E-state index in [4.69, 9.17) is 5.73 Å². The molecule has 0 atom stereocenters. The molecule has 0 saturated heterocycles. The van der Waals surface area contributed by atoms with Gasteiger partial charge in [0.15, 0.2) is 5.82 Å². The van der Waals surface area contributed by atoms with Crippen LogP contribution in [0.25, 0.3) is 0 Å². The van der Waals surface area contributed by atoms with Crippen molar-refractivity contribution in [1.82, 2.24) is 9.97 Å². The molecule has 0 bridgehead atoms. The molecule has 20 heavy (non-hydrogen) atoms. The molecule has 2 aromatic rings. The Morgan fingerprint density at radius 2 is 1.90 bits per heavy atom. The lowest BCUT2D eigenvalue weighted by atomic mass is 10.2. The Bertz CT molecular complexity index is 602. The summed E-state index contributed by atoms with van der Waals surface area (Å²) in [6, 6.07) is 8.68. The average Bonchev–Trinajstić information content (AvgIpc) is 3.26. The molecule has 0 aliphatic heterocycles. The minimum absolute atomic E-state index is 0.599. The first-order valence-electron chi connectivity index (χ1n) is 7.05. The highest BCUT2D eigenvalue weighted by molar-refractivity contribution is 5.47. The maximum absolute atomic E-state index is 5.75. The van der Waals surface area contributed by atoms with E-state index in [-0.39, 0.29) is 0 Å². The summed E-state index contributed by atoms with van der Waals surface area (Å²) in [7, 11) is 0. The zero-order chi connectivity index (χ0) is 14.1. The lowest BCUT2D eigenvalue weighted by molar-refractivity contribution is 0.764. The Labute approximate surface area is 119 Å². The standard InChI is InChI=1S/C16H20N4/c1-11-9-18-12(2)16(19-11)20(15-7-8-15)10-13-3-5-14(17)6-4-13/h3-6,9,15H,7-8,10,17H2,1-2H3. The second-order valence-corrected chi connectivity index (χ2v) is 5.52. The van der Waals surface area contributed by atoms with E-state index in [2.05, 4.69) is 27.0 Å². The number of anilines is 2. The van der Waals surface area contributed by atoms with Crippen molar-refractivity contribution in [3.63, 3.8) is 0 Å². The molecule has 1 saturated carbocycles. The quantitative estimate of drug-likeness (QED) is 0.866. The normalized spacial score (nSPS) is 14.3. The van der Waals surface area contributed by atoms with Crippen molar-refractivity contribution in [2.75, 3.05) is 10.6 Å².